The number of carbonyl (C=O) groups is 3. The van der Waals surface area contributed by atoms with Gasteiger partial charge in [0.15, 0.2) is 6.10 Å². The van der Waals surface area contributed by atoms with E-state index >= 15 is 0 Å². The lowest BCUT2D eigenvalue weighted by molar-refractivity contribution is -0.146. The maximum atomic E-state index is 11.6. The molecule has 7 nitrogen and oxygen atoms in total. The molecule has 102 valence electrons. The highest BCUT2D eigenvalue weighted by atomic mass is 16.4. The zero-order valence-electron chi connectivity index (χ0n) is 10.1. The van der Waals surface area contributed by atoms with Crippen LogP contribution in [0.1, 0.15) is 25.7 Å². The molecule has 0 radical (unpaired) electrons. The summed E-state index contributed by atoms with van der Waals surface area (Å²) in [5.41, 5.74) is 0. The van der Waals surface area contributed by atoms with E-state index in [1.54, 1.807) is 0 Å². The van der Waals surface area contributed by atoms with Crippen LogP contribution in [0.4, 0.5) is 0 Å². The van der Waals surface area contributed by atoms with Crippen LogP contribution >= 0.6 is 0 Å². The monoisotopic (exact) mass is 258 g/mol. The molecule has 1 aliphatic rings. The SMILES string of the molecule is O=C(CN1CCCCCC1=O)NC[C@H](O)C(=O)O. The van der Waals surface area contributed by atoms with E-state index in [4.69, 9.17) is 10.2 Å². The fourth-order valence-corrected chi connectivity index (χ4v) is 1.73. The molecule has 2 amide bonds. The van der Waals surface area contributed by atoms with Crippen LogP contribution in [0.25, 0.3) is 0 Å². The van der Waals surface area contributed by atoms with Gasteiger partial charge in [0.25, 0.3) is 0 Å². The van der Waals surface area contributed by atoms with Crippen LogP contribution < -0.4 is 5.32 Å². The molecule has 1 heterocycles. The summed E-state index contributed by atoms with van der Waals surface area (Å²) in [6.07, 6.45) is 1.52. The van der Waals surface area contributed by atoms with Gasteiger partial charge >= 0.3 is 5.97 Å². The summed E-state index contributed by atoms with van der Waals surface area (Å²) in [7, 11) is 0. The largest absolute Gasteiger partial charge is 0.479 e. The number of carbonyl (C=O) groups excluding carboxylic acids is 2. The molecule has 3 N–H and O–H groups in total. The van der Waals surface area contributed by atoms with Crippen LogP contribution in [0.15, 0.2) is 0 Å². The highest BCUT2D eigenvalue weighted by Crippen LogP contribution is 2.10. The lowest BCUT2D eigenvalue weighted by atomic mass is 10.2. The van der Waals surface area contributed by atoms with Gasteiger partial charge in [0, 0.05) is 13.0 Å². The first-order chi connectivity index (χ1) is 8.50. The summed E-state index contributed by atoms with van der Waals surface area (Å²) < 4.78 is 0. The third-order valence-electron chi connectivity index (χ3n) is 2.78. The maximum Gasteiger partial charge on any atom is 0.334 e. The van der Waals surface area contributed by atoms with Gasteiger partial charge in [-0.15, -0.1) is 0 Å². The van der Waals surface area contributed by atoms with Gasteiger partial charge in [-0.1, -0.05) is 6.42 Å². The van der Waals surface area contributed by atoms with Crippen molar-refractivity contribution in [2.24, 2.45) is 0 Å². The number of rotatable bonds is 5. The lowest BCUT2D eigenvalue weighted by Gasteiger charge is -2.20. The second-order valence-electron chi connectivity index (χ2n) is 4.28. The molecule has 1 aliphatic heterocycles. The minimum atomic E-state index is -1.62. The highest BCUT2D eigenvalue weighted by Gasteiger charge is 2.20. The molecule has 0 unspecified atom stereocenters. The van der Waals surface area contributed by atoms with Crippen molar-refractivity contribution in [3.05, 3.63) is 0 Å². The van der Waals surface area contributed by atoms with E-state index in [1.165, 1.54) is 4.90 Å². The van der Waals surface area contributed by atoms with E-state index < -0.39 is 18.0 Å². The Morgan fingerprint density at radius 3 is 2.72 bits per heavy atom. The minimum absolute atomic E-state index is 0.0542. The topological polar surface area (TPSA) is 107 Å². The molecule has 0 aromatic rings. The average Bonchev–Trinajstić information content (AvgIpc) is 2.52. The maximum absolute atomic E-state index is 11.6. The summed E-state index contributed by atoms with van der Waals surface area (Å²) in [4.78, 5) is 34.9. The van der Waals surface area contributed by atoms with E-state index in [9.17, 15) is 14.4 Å². The van der Waals surface area contributed by atoms with Crippen LogP contribution in [0.2, 0.25) is 0 Å². The number of likely N-dealkylation sites (tertiary alicyclic amines) is 1. The number of carboxylic acids is 1. The van der Waals surface area contributed by atoms with Crippen LogP contribution in [0.3, 0.4) is 0 Å². The Kier molecular flexibility index (Phi) is 5.57. The number of carboxylic acid groups (broad SMARTS) is 1. The molecule has 0 aliphatic carbocycles. The van der Waals surface area contributed by atoms with Crippen molar-refractivity contribution in [1.29, 1.82) is 0 Å². The highest BCUT2D eigenvalue weighted by molar-refractivity contribution is 5.85. The van der Waals surface area contributed by atoms with Crippen molar-refractivity contribution < 1.29 is 24.6 Å². The molecule has 0 aromatic carbocycles. The van der Waals surface area contributed by atoms with Gasteiger partial charge in [0.1, 0.15) is 0 Å². The minimum Gasteiger partial charge on any atom is -0.479 e. The smallest absolute Gasteiger partial charge is 0.334 e. The van der Waals surface area contributed by atoms with Crippen molar-refractivity contribution in [3.8, 4) is 0 Å². The first-order valence-corrected chi connectivity index (χ1v) is 5.96. The molecule has 18 heavy (non-hydrogen) atoms. The molecule has 1 saturated heterocycles. The molecule has 1 atom stereocenters. The first-order valence-electron chi connectivity index (χ1n) is 5.96. The quantitative estimate of drug-likeness (QED) is 0.583. The Balaban J connectivity index is 2.34. The molecule has 0 spiro atoms. The third-order valence-corrected chi connectivity index (χ3v) is 2.78. The van der Waals surface area contributed by atoms with E-state index in [2.05, 4.69) is 5.32 Å². The second kappa shape index (κ2) is 6.95. The predicted octanol–water partition coefficient (Wildman–Crippen LogP) is -1.05. The van der Waals surface area contributed by atoms with Crippen molar-refractivity contribution in [2.75, 3.05) is 19.6 Å². The molecule has 0 bridgehead atoms. The zero-order chi connectivity index (χ0) is 13.5. The number of hydrogen-bond donors (Lipinski definition) is 3. The Hall–Kier alpha value is -1.63. The third kappa shape index (κ3) is 4.70. The number of nitrogens with zero attached hydrogens (tertiary/aromatic N) is 1. The first kappa shape index (κ1) is 14.4. The molecule has 0 aromatic heterocycles. The fraction of sp³-hybridized carbons (Fsp3) is 0.727. The molecular weight excluding hydrogens is 240 g/mol. The van der Waals surface area contributed by atoms with Gasteiger partial charge in [-0.3, -0.25) is 9.59 Å². The van der Waals surface area contributed by atoms with E-state index in [-0.39, 0.29) is 19.0 Å². The number of amides is 2. The van der Waals surface area contributed by atoms with E-state index in [0.717, 1.165) is 19.3 Å². The Labute approximate surface area is 105 Å². The van der Waals surface area contributed by atoms with Gasteiger partial charge in [-0.2, -0.15) is 0 Å². The lowest BCUT2D eigenvalue weighted by Crippen LogP contribution is -2.43. The number of hydrogen-bond acceptors (Lipinski definition) is 4. The van der Waals surface area contributed by atoms with Crippen molar-refractivity contribution >= 4 is 17.8 Å². The zero-order valence-corrected chi connectivity index (χ0v) is 10.1. The van der Waals surface area contributed by atoms with Crippen LogP contribution in [-0.2, 0) is 14.4 Å². The number of aliphatic carboxylic acids is 1. The Morgan fingerprint density at radius 2 is 2.06 bits per heavy atom. The van der Waals surface area contributed by atoms with Crippen molar-refractivity contribution in [3.63, 3.8) is 0 Å². The van der Waals surface area contributed by atoms with Gasteiger partial charge in [0.2, 0.25) is 11.8 Å². The molecular formula is C11H18N2O5. The normalized spacial score (nSPS) is 18.1. The fourth-order valence-electron chi connectivity index (χ4n) is 1.73. The Morgan fingerprint density at radius 1 is 1.33 bits per heavy atom. The van der Waals surface area contributed by atoms with E-state index in [1.807, 2.05) is 0 Å². The van der Waals surface area contributed by atoms with Gasteiger partial charge in [-0.25, -0.2) is 4.79 Å². The summed E-state index contributed by atoms with van der Waals surface area (Å²) in [5.74, 6) is -1.90. The van der Waals surface area contributed by atoms with Gasteiger partial charge in [0.05, 0.1) is 13.1 Å². The standard InChI is InChI=1S/C11H18N2O5/c14-8(11(17)18)6-12-9(15)7-13-5-3-1-2-4-10(13)16/h8,14H,1-7H2,(H,12,15)(H,17,18)/t8-/m0/s1. The van der Waals surface area contributed by atoms with Crippen molar-refractivity contribution in [1.82, 2.24) is 10.2 Å². The number of aliphatic hydroxyl groups excluding tert-OH is 1. The van der Waals surface area contributed by atoms with Crippen molar-refractivity contribution in [2.45, 2.75) is 31.8 Å². The summed E-state index contributed by atoms with van der Waals surface area (Å²) in [6.45, 7) is 0.120. The summed E-state index contributed by atoms with van der Waals surface area (Å²) in [5, 5.41) is 19.7. The van der Waals surface area contributed by atoms with Crippen LogP contribution in [0.5, 0.6) is 0 Å². The summed E-state index contributed by atoms with van der Waals surface area (Å²) >= 11 is 0. The second-order valence-corrected chi connectivity index (χ2v) is 4.28. The molecule has 7 heteroatoms. The summed E-state index contributed by atoms with van der Waals surface area (Å²) in [6, 6.07) is 0. The number of aliphatic hydroxyl groups is 1. The van der Waals surface area contributed by atoms with Crippen LogP contribution in [0, 0.1) is 0 Å². The molecule has 0 saturated carbocycles. The Bertz CT molecular complexity index is 331. The molecule has 1 rings (SSSR count). The van der Waals surface area contributed by atoms with Gasteiger partial charge in [-0.05, 0) is 12.8 Å². The van der Waals surface area contributed by atoms with E-state index in [0.29, 0.717) is 13.0 Å². The number of nitrogens with one attached hydrogen (secondary N) is 1. The average molecular weight is 258 g/mol. The molecule has 1 fully saturated rings. The van der Waals surface area contributed by atoms with Crippen LogP contribution in [-0.4, -0.2) is 58.6 Å². The van der Waals surface area contributed by atoms with Gasteiger partial charge < -0.3 is 20.4 Å². The predicted molar refractivity (Wildman–Crippen MR) is 61.7 cm³/mol.